The number of hydrogen-bond acceptors (Lipinski definition) is 5. The van der Waals surface area contributed by atoms with E-state index in [0.717, 1.165) is 6.92 Å². The van der Waals surface area contributed by atoms with E-state index in [1.54, 1.807) is 0 Å². The van der Waals surface area contributed by atoms with Crippen LogP contribution in [-0.4, -0.2) is 59.4 Å². The molecule has 53 heavy (non-hydrogen) atoms. The number of ether oxygens (including phenoxy) is 1. The Morgan fingerprint density at radius 2 is 1.74 bits per heavy atom. The first-order chi connectivity index (χ1) is 37.7. The molecule has 2 heterocycles. The number of piperidine rings is 1. The number of thioether (sulfide) groups is 1. The van der Waals surface area contributed by atoms with Gasteiger partial charge < -0.3 is 19.1 Å². The third-order valence-electron chi connectivity index (χ3n) is 6.72. The zero-order chi connectivity index (χ0) is 64.9. The maximum atomic E-state index is 15.8. The van der Waals surface area contributed by atoms with Gasteiger partial charge >= 0.3 is 6.18 Å². The van der Waals surface area contributed by atoms with Gasteiger partial charge in [-0.05, 0) is 66.6 Å². The Balaban J connectivity index is 1.80. The molecule has 1 saturated heterocycles. The van der Waals surface area contributed by atoms with Crippen LogP contribution in [0, 0.1) is 18.6 Å². The molecule has 0 saturated carbocycles. The highest BCUT2D eigenvalue weighted by Gasteiger charge is 2.31. The molecule has 1 aliphatic heterocycles. The molecular formula is C41H40F5N3O3S. The van der Waals surface area contributed by atoms with Crippen LogP contribution in [0.5, 0.6) is 0 Å². The van der Waals surface area contributed by atoms with Crippen LogP contribution in [0.25, 0.3) is 22.0 Å². The highest BCUT2D eigenvalue weighted by atomic mass is 32.2. The standard InChI is InChI=1S/C41H40F5N3O3S/c1-27-6-15-36-34(22-27)37(50)23-39(53-26-31-4-3-5-35(42)40(31)43)49(36)25-38(51)48(33-16-18-47(19-17-33)20-21-52-2)24-28-7-9-29(10-8-28)30-11-13-32(14-12-30)41(44,45)46/h3-15,22-23,33H,16-21,24-26H2,1-2H3/i2D3,3D,4D,5D,6D,7D,8D,9D,10D,11D,12D,13D,14D,15D,16D2,17D2,18D2,19D2,20D2,22D,23D,24D2,33D. The Morgan fingerprint density at radius 3 is 2.42 bits per heavy atom. The molecule has 0 atom stereocenters. The van der Waals surface area contributed by atoms with E-state index in [0.29, 0.717) is 0 Å². The number of alkyl halides is 3. The number of rotatable bonds is 12. The number of halogens is 5. The molecule has 0 unspecified atom stereocenters. The molecule has 0 N–H and O–H groups in total. The molecule has 1 amide bonds. The van der Waals surface area contributed by atoms with Gasteiger partial charge in [0.15, 0.2) is 17.1 Å². The second kappa shape index (κ2) is 16.7. The van der Waals surface area contributed by atoms with Crippen LogP contribution in [0.1, 0.15) is 77.5 Å². The monoisotopic (exact) mass is 780 g/mol. The van der Waals surface area contributed by atoms with Gasteiger partial charge in [-0.2, -0.15) is 13.2 Å². The van der Waals surface area contributed by atoms with Crippen molar-refractivity contribution in [3.05, 3.63) is 135 Å². The zero-order valence-electron chi connectivity index (χ0n) is 57.5. The van der Waals surface area contributed by atoms with Gasteiger partial charge in [0.05, 0.1) is 51.5 Å². The summed E-state index contributed by atoms with van der Waals surface area (Å²) in [5.74, 6) is -7.70. The van der Waals surface area contributed by atoms with E-state index in [1.807, 2.05) is 0 Å². The average Bonchev–Trinajstić information content (AvgIpc) is 1.59. The van der Waals surface area contributed by atoms with Crippen molar-refractivity contribution in [3.63, 3.8) is 0 Å². The smallest absolute Gasteiger partial charge is 0.383 e. The molecule has 0 radical (unpaired) electrons. The van der Waals surface area contributed by atoms with E-state index in [9.17, 15) is 32.0 Å². The summed E-state index contributed by atoms with van der Waals surface area (Å²) in [4.78, 5) is 27.9. The van der Waals surface area contributed by atoms with E-state index in [2.05, 4.69) is 4.74 Å². The van der Waals surface area contributed by atoms with E-state index >= 15 is 9.18 Å². The topological polar surface area (TPSA) is 54.8 Å². The van der Waals surface area contributed by atoms with E-state index < -0.39 is 250 Å². The summed E-state index contributed by atoms with van der Waals surface area (Å²) in [6.07, 6.45) is -15.6. The number of hydrogen-bond donors (Lipinski definition) is 0. The molecular weight excluding hydrogens is 710 g/mol. The third-order valence-corrected chi connectivity index (χ3v) is 7.75. The molecule has 0 bridgehead atoms. The van der Waals surface area contributed by atoms with Crippen molar-refractivity contribution in [3.8, 4) is 11.1 Å². The molecule has 1 fully saturated rings. The summed E-state index contributed by atoms with van der Waals surface area (Å²) in [5.41, 5.74) is -11.3. The average molecular weight is 781 g/mol. The van der Waals surface area contributed by atoms with Crippen LogP contribution >= 0.6 is 11.8 Å². The largest absolute Gasteiger partial charge is 0.416 e. The summed E-state index contributed by atoms with van der Waals surface area (Å²) in [7, 11) is -3.60. The molecule has 5 aromatic rings. The quantitative estimate of drug-likeness (QED) is 0.0938. The number of methoxy groups -OCH3 is 1. The van der Waals surface area contributed by atoms with Crippen LogP contribution in [0.2, 0.25) is 0 Å². The summed E-state index contributed by atoms with van der Waals surface area (Å²) >= 11 is -0.0633. The van der Waals surface area contributed by atoms with Crippen LogP contribution < -0.4 is 5.43 Å². The third kappa shape index (κ3) is 9.17. The summed E-state index contributed by atoms with van der Waals surface area (Å²) < 4.78 is 347. The predicted octanol–water partition coefficient (Wildman–Crippen LogP) is 8.71. The Kier molecular flexibility index (Phi) is 4.81. The second-order valence-corrected chi connectivity index (χ2v) is 11.2. The SMILES string of the molecule is [2H]c1c([2H])c(F)c(F)c(CSc2c([2H])c(=O)c3c([2H])c(C)c([2H])c([2H])c3n2CC(=O)N(C([2H])([2H])c2c([2H])c([2H])c(-c3c([2H])c([2H])c(C(F)(F)F)c([2H])c3[2H])c([2H])c2[2H])C2([2H])C([2H])([2H])C([2H])([2H])N(C([2H])([2H])COC([2H])([2H])[2H])C([2H])([2H])C2([2H])[2H])c1[2H]. The second-order valence-electron chi connectivity index (χ2n) is 10.3. The van der Waals surface area contributed by atoms with Crippen molar-refractivity contribution in [2.75, 3.05) is 33.1 Å². The van der Waals surface area contributed by atoms with Gasteiger partial charge in [-0.15, -0.1) is 11.8 Å². The molecule has 1 aromatic heterocycles. The number of aromatic nitrogens is 1. The first-order valence-electron chi connectivity index (χ1n) is 30.0. The lowest BCUT2D eigenvalue weighted by atomic mass is 10.00. The van der Waals surface area contributed by atoms with Crippen molar-refractivity contribution in [1.29, 1.82) is 0 Å². The first-order valence-corrected chi connectivity index (χ1v) is 15.5. The number of likely N-dealkylation sites (tertiary alicyclic amines) is 1. The number of benzene rings is 4. The number of fused-ring (bicyclic) bond motifs is 1. The van der Waals surface area contributed by atoms with Gasteiger partial charge in [0.2, 0.25) is 5.91 Å². The molecule has 0 aliphatic carbocycles. The number of amides is 1. The van der Waals surface area contributed by atoms with Gasteiger partial charge in [0.25, 0.3) is 0 Å². The number of carbonyl (C=O) groups excluding carboxylic acids is 1. The normalized spacial score (nSPS) is 27.8. The minimum Gasteiger partial charge on any atom is -0.383 e. The van der Waals surface area contributed by atoms with Crippen molar-refractivity contribution >= 4 is 28.6 Å². The molecule has 1 aliphatic rings. The molecule has 4 aromatic carbocycles. The highest BCUT2D eigenvalue weighted by Crippen LogP contribution is 2.32. The summed E-state index contributed by atoms with van der Waals surface area (Å²) in [6, 6.07) is -27.9. The van der Waals surface area contributed by atoms with Crippen molar-refractivity contribution < 1.29 is 74.0 Å². The maximum absolute atomic E-state index is 15.8. The van der Waals surface area contributed by atoms with Crippen LogP contribution in [-0.2, 0) is 34.5 Å². The first kappa shape index (κ1) is 15.3. The fraction of sp³-hybridized carbons (Fsp3) is 0.317. The zero-order valence-corrected chi connectivity index (χ0v) is 27.3. The fourth-order valence-corrected chi connectivity index (χ4v) is 5.25. The van der Waals surface area contributed by atoms with Gasteiger partial charge in [-0.25, -0.2) is 8.78 Å². The molecule has 12 heteroatoms. The minimum atomic E-state index is -5.59. The lowest BCUT2D eigenvalue weighted by Gasteiger charge is -2.39. The van der Waals surface area contributed by atoms with Crippen LogP contribution in [0.4, 0.5) is 22.0 Å². The van der Waals surface area contributed by atoms with Crippen LogP contribution in [0.3, 0.4) is 0 Å². The van der Waals surface area contributed by atoms with Crippen molar-refractivity contribution in [1.82, 2.24) is 14.4 Å². The van der Waals surface area contributed by atoms with Gasteiger partial charge in [-0.3, -0.25) is 9.59 Å². The van der Waals surface area contributed by atoms with Gasteiger partial charge in [0.1, 0.15) is 6.54 Å². The van der Waals surface area contributed by atoms with E-state index in [4.69, 9.17) is 32.9 Å². The minimum absolute atomic E-state index is 0.0633. The van der Waals surface area contributed by atoms with Crippen molar-refractivity contribution in [2.45, 2.75) is 55.7 Å². The number of nitrogens with zero attached hydrogens (tertiary/aromatic N) is 3. The maximum Gasteiger partial charge on any atom is 0.416 e. The number of pyridine rings is 1. The molecule has 278 valence electrons. The molecule has 6 nitrogen and oxygen atoms in total. The Labute approximate surface area is 352 Å². The van der Waals surface area contributed by atoms with Gasteiger partial charge in [0, 0.05) is 75.5 Å². The van der Waals surface area contributed by atoms with E-state index in [1.165, 1.54) is 0 Å². The lowest BCUT2D eigenvalue weighted by molar-refractivity contribution is -0.137. The molecule has 6 rings (SSSR count). The Hall–Kier alpha value is -4.52. The van der Waals surface area contributed by atoms with Crippen LogP contribution in [0.15, 0.2) is 100 Å². The van der Waals surface area contributed by atoms with Crippen molar-refractivity contribution in [2.24, 2.45) is 0 Å². The summed E-state index contributed by atoms with van der Waals surface area (Å²) in [6.45, 7) is -21.5. The van der Waals surface area contributed by atoms with Gasteiger partial charge in [-0.1, -0.05) is 59.9 Å². The van der Waals surface area contributed by atoms with E-state index in [-0.39, 0.29) is 16.3 Å². The predicted molar refractivity (Wildman–Crippen MR) is 198 cm³/mol. The Bertz CT molecular complexity index is 3570. The highest BCUT2D eigenvalue weighted by molar-refractivity contribution is 7.98. The fourth-order valence-electron chi connectivity index (χ4n) is 4.30. The summed E-state index contributed by atoms with van der Waals surface area (Å²) in [5, 5.41) is -2.19. The lowest BCUT2D eigenvalue weighted by Crippen LogP contribution is -2.48. The molecule has 0 spiro atoms. The Morgan fingerprint density at radius 1 is 1.04 bits per heavy atom. The number of carbonyl (C=O) groups is 1.